The van der Waals surface area contributed by atoms with Crippen LogP contribution in [0.25, 0.3) is 5.69 Å². The highest BCUT2D eigenvalue weighted by Crippen LogP contribution is 2.21. The Bertz CT molecular complexity index is 939. The summed E-state index contributed by atoms with van der Waals surface area (Å²) in [5.74, 6) is 0.382. The third-order valence-corrected chi connectivity index (χ3v) is 5.11. The summed E-state index contributed by atoms with van der Waals surface area (Å²) in [7, 11) is -3.68. The largest absolute Gasteiger partial charge is 0.265 e. The molecule has 1 aromatic carbocycles. The molecule has 0 spiro atoms. The lowest BCUT2D eigenvalue weighted by Crippen LogP contribution is -2.16. The first-order valence-electron chi connectivity index (χ1n) is 6.71. The molecule has 3 rings (SSSR count). The highest BCUT2D eigenvalue weighted by Gasteiger charge is 2.18. The van der Waals surface area contributed by atoms with Gasteiger partial charge in [0.1, 0.15) is 5.82 Å². The molecular formula is C15H13IN4O2S. The summed E-state index contributed by atoms with van der Waals surface area (Å²) in [6, 6.07) is 11.9. The van der Waals surface area contributed by atoms with Gasteiger partial charge in [-0.15, -0.1) is 0 Å². The van der Waals surface area contributed by atoms with Crippen molar-refractivity contribution >= 4 is 38.4 Å². The molecule has 1 N–H and O–H groups in total. The maximum absolute atomic E-state index is 12.6. The van der Waals surface area contributed by atoms with Crippen molar-refractivity contribution in [3.63, 3.8) is 0 Å². The smallest absolute Gasteiger partial charge is 0.263 e. The Hall–Kier alpha value is -1.94. The van der Waals surface area contributed by atoms with Crippen LogP contribution in [0.2, 0.25) is 0 Å². The number of hydrogen-bond acceptors (Lipinski definition) is 4. The second kappa shape index (κ2) is 6.28. The van der Waals surface area contributed by atoms with Gasteiger partial charge >= 0.3 is 0 Å². The van der Waals surface area contributed by atoms with Crippen LogP contribution in [0.3, 0.4) is 0 Å². The molecule has 3 aromatic rings. The van der Waals surface area contributed by atoms with E-state index in [1.54, 1.807) is 60.4 Å². The molecule has 2 aromatic heterocycles. The Kier molecular flexibility index (Phi) is 4.35. The number of pyridine rings is 1. The molecule has 0 bridgehead atoms. The molecule has 0 aliphatic heterocycles. The van der Waals surface area contributed by atoms with Crippen molar-refractivity contribution in [3.8, 4) is 5.69 Å². The first kappa shape index (κ1) is 15.9. The van der Waals surface area contributed by atoms with E-state index < -0.39 is 10.0 Å². The fraction of sp³-hybridized carbons (Fsp3) is 0.0667. The minimum Gasteiger partial charge on any atom is -0.265 e. The van der Waals surface area contributed by atoms with Crippen LogP contribution in [0.1, 0.15) is 5.69 Å². The normalized spacial score (nSPS) is 11.4. The van der Waals surface area contributed by atoms with E-state index in [-0.39, 0.29) is 4.90 Å². The SMILES string of the molecule is Cc1cc(NS(=O)(=O)c2cccc(I)c2)n(-c2ccncc2)n1. The van der Waals surface area contributed by atoms with Gasteiger partial charge in [-0.3, -0.25) is 9.71 Å². The van der Waals surface area contributed by atoms with Crippen LogP contribution in [0, 0.1) is 10.5 Å². The number of rotatable bonds is 4. The summed E-state index contributed by atoms with van der Waals surface area (Å²) >= 11 is 2.08. The van der Waals surface area contributed by atoms with Gasteiger partial charge < -0.3 is 0 Å². The summed E-state index contributed by atoms with van der Waals surface area (Å²) in [4.78, 5) is 4.17. The van der Waals surface area contributed by atoms with Crippen molar-refractivity contribution in [3.05, 3.63) is 64.1 Å². The summed E-state index contributed by atoms with van der Waals surface area (Å²) in [6.07, 6.45) is 3.26. The zero-order chi connectivity index (χ0) is 16.4. The standard InChI is InChI=1S/C15H13IN4O2S/c1-11-9-15(20(18-11)13-5-7-17-8-6-13)19-23(21,22)14-4-2-3-12(16)10-14/h2-10,19H,1H3. The van der Waals surface area contributed by atoms with Crippen molar-refractivity contribution in [2.45, 2.75) is 11.8 Å². The molecule has 0 fully saturated rings. The van der Waals surface area contributed by atoms with E-state index in [1.165, 1.54) is 0 Å². The Morgan fingerprint density at radius 1 is 1.13 bits per heavy atom. The molecule has 0 saturated carbocycles. The number of nitrogens with one attached hydrogen (secondary N) is 1. The molecule has 118 valence electrons. The highest BCUT2D eigenvalue weighted by atomic mass is 127. The van der Waals surface area contributed by atoms with Crippen LogP contribution in [-0.4, -0.2) is 23.2 Å². The highest BCUT2D eigenvalue weighted by molar-refractivity contribution is 14.1. The molecule has 0 atom stereocenters. The molecule has 2 heterocycles. The number of hydrogen-bond donors (Lipinski definition) is 1. The quantitative estimate of drug-likeness (QED) is 0.633. The number of sulfonamides is 1. The predicted octanol–water partition coefficient (Wildman–Crippen LogP) is 2.98. The Morgan fingerprint density at radius 3 is 2.57 bits per heavy atom. The van der Waals surface area contributed by atoms with E-state index in [0.29, 0.717) is 11.5 Å². The maximum atomic E-state index is 12.6. The lowest BCUT2D eigenvalue weighted by molar-refractivity contribution is 0.600. The Morgan fingerprint density at radius 2 is 1.87 bits per heavy atom. The lowest BCUT2D eigenvalue weighted by Gasteiger charge is -2.10. The number of aromatic nitrogens is 3. The fourth-order valence-electron chi connectivity index (χ4n) is 2.08. The molecule has 0 amide bonds. The topological polar surface area (TPSA) is 76.9 Å². The van der Waals surface area contributed by atoms with Gasteiger partial charge in [-0.25, -0.2) is 13.1 Å². The van der Waals surface area contributed by atoms with Gasteiger partial charge in [-0.2, -0.15) is 5.10 Å². The number of nitrogens with zero attached hydrogens (tertiary/aromatic N) is 3. The van der Waals surface area contributed by atoms with Crippen molar-refractivity contribution in [2.75, 3.05) is 4.72 Å². The van der Waals surface area contributed by atoms with Crippen molar-refractivity contribution in [1.29, 1.82) is 0 Å². The number of benzene rings is 1. The van der Waals surface area contributed by atoms with Gasteiger partial charge in [-0.1, -0.05) is 6.07 Å². The van der Waals surface area contributed by atoms with Crippen LogP contribution in [0.15, 0.2) is 59.8 Å². The monoisotopic (exact) mass is 440 g/mol. The molecule has 0 aliphatic rings. The summed E-state index contributed by atoms with van der Waals surface area (Å²) in [6.45, 7) is 1.81. The van der Waals surface area contributed by atoms with Crippen molar-refractivity contribution in [2.24, 2.45) is 0 Å². The molecule has 6 nitrogen and oxygen atoms in total. The van der Waals surface area contributed by atoms with Crippen molar-refractivity contribution < 1.29 is 8.42 Å². The molecule has 0 radical (unpaired) electrons. The minimum absolute atomic E-state index is 0.213. The molecular weight excluding hydrogens is 427 g/mol. The summed E-state index contributed by atoms with van der Waals surface area (Å²) < 4.78 is 30.2. The maximum Gasteiger partial charge on any atom is 0.263 e. The molecule has 0 unspecified atom stereocenters. The Balaban J connectivity index is 2.01. The number of halogens is 1. The van der Waals surface area contributed by atoms with Crippen molar-refractivity contribution in [1.82, 2.24) is 14.8 Å². The Labute approximate surface area is 147 Å². The van der Waals surface area contributed by atoms with Gasteiger partial charge in [0, 0.05) is 22.0 Å². The van der Waals surface area contributed by atoms with E-state index in [4.69, 9.17) is 0 Å². The van der Waals surface area contributed by atoms with Gasteiger partial charge in [-0.05, 0) is 59.8 Å². The molecule has 0 aliphatic carbocycles. The van der Waals surface area contributed by atoms with Crippen LogP contribution in [0.5, 0.6) is 0 Å². The van der Waals surface area contributed by atoms with E-state index in [1.807, 2.05) is 6.07 Å². The van der Waals surface area contributed by atoms with Gasteiger partial charge in [0.25, 0.3) is 10.0 Å². The second-order valence-corrected chi connectivity index (χ2v) is 7.78. The molecule has 23 heavy (non-hydrogen) atoms. The van der Waals surface area contributed by atoms with E-state index in [2.05, 4.69) is 37.4 Å². The predicted molar refractivity (Wildman–Crippen MR) is 96.1 cm³/mol. The first-order valence-corrected chi connectivity index (χ1v) is 9.27. The average molecular weight is 440 g/mol. The third kappa shape index (κ3) is 3.53. The summed E-state index contributed by atoms with van der Waals surface area (Å²) in [5.41, 5.74) is 1.44. The molecule has 0 saturated heterocycles. The number of aryl methyl sites for hydroxylation is 1. The second-order valence-electron chi connectivity index (χ2n) is 4.85. The van der Waals surface area contributed by atoms with Gasteiger partial charge in [0.15, 0.2) is 0 Å². The van der Waals surface area contributed by atoms with E-state index in [0.717, 1.165) is 9.26 Å². The zero-order valence-corrected chi connectivity index (χ0v) is 15.1. The first-order chi connectivity index (χ1) is 11.0. The average Bonchev–Trinajstić information content (AvgIpc) is 2.88. The van der Waals surface area contributed by atoms with Crippen LogP contribution in [0.4, 0.5) is 5.82 Å². The third-order valence-electron chi connectivity index (χ3n) is 3.08. The molecule has 8 heteroatoms. The zero-order valence-electron chi connectivity index (χ0n) is 12.1. The number of anilines is 1. The summed E-state index contributed by atoms with van der Waals surface area (Å²) in [5, 5.41) is 4.34. The minimum atomic E-state index is -3.68. The van der Waals surface area contributed by atoms with Crippen LogP contribution < -0.4 is 4.72 Å². The fourth-order valence-corrected chi connectivity index (χ4v) is 3.92. The van der Waals surface area contributed by atoms with Gasteiger partial charge in [0.2, 0.25) is 0 Å². The lowest BCUT2D eigenvalue weighted by atomic mass is 10.4. The van der Waals surface area contributed by atoms with E-state index >= 15 is 0 Å². The van der Waals surface area contributed by atoms with Gasteiger partial charge in [0.05, 0.1) is 16.3 Å². The van der Waals surface area contributed by atoms with Crippen LogP contribution >= 0.6 is 22.6 Å². The van der Waals surface area contributed by atoms with Crippen LogP contribution in [-0.2, 0) is 10.0 Å². The van der Waals surface area contributed by atoms with E-state index in [9.17, 15) is 8.42 Å².